The first kappa shape index (κ1) is 21.0. The highest BCUT2D eigenvalue weighted by Gasteiger charge is 2.33. The van der Waals surface area contributed by atoms with Gasteiger partial charge in [0.25, 0.3) is 11.6 Å². The molecule has 156 valence electrons. The van der Waals surface area contributed by atoms with Crippen LogP contribution >= 0.6 is 0 Å². The molecule has 1 aromatic heterocycles. The summed E-state index contributed by atoms with van der Waals surface area (Å²) in [5.41, 5.74) is 1.47. The third-order valence-electron chi connectivity index (χ3n) is 5.30. The van der Waals surface area contributed by atoms with Gasteiger partial charge in [-0.2, -0.15) is 4.31 Å². The molecule has 0 radical (unpaired) electrons. The van der Waals surface area contributed by atoms with Crippen LogP contribution in [0.5, 0.6) is 0 Å². The standard InChI is InChI=1S/C19H23N3O6S/c1-12-5-6-16(22(24)25)11-17(12)29(26,27)21-9-7-20(8-10-21)19(23)18-13(2)14(3)28-15(18)4/h5-6,11H,7-10H2,1-4H3. The number of non-ortho nitro benzene ring substituents is 1. The van der Waals surface area contributed by atoms with Gasteiger partial charge in [0.15, 0.2) is 0 Å². The molecule has 3 rings (SSSR count). The number of hydrogen-bond acceptors (Lipinski definition) is 6. The smallest absolute Gasteiger partial charge is 0.270 e. The maximum atomic E-state index is 13.0. The van der Waals surface area contributed by atoms with Gasteiger partial charge < -0.3 is 9.32 Å². The van der Waals surface area contributed by atoms with E-state index >= 15 is 0 Å². The summed E-state index contributed by atoms with van der Waals surface area (Å²) >= 11 is 0. The highest BCUT2D eigenvalue weighted by molar-refractivity contribution is 7.89. The molecule has 1 aliphatic rings. The second-order valence-corrected chi connectivity index (χ2v) is 9.02. The van der Waals surface area contributed by atoms with E-state index in [0.29, 0.717) is 22.6 Å². The Labute approximate surface area is 169 Å². The minimum Gasteiger partial charge on any atom is -0.466 e. The van der Waals surface area contributed by atoms with Crippen molar-refractivity contribution in [2.24, 2.45) is 0 Å². The Balaban J connectivity index is 1.79. The van der Waals surface area contributed by atoms with Crippen LogP contribution in [0.3, 0.4) is 0 Å². The van der Waals surface area contributed by atoms with Gasteiger partial charge in [-0.25, -0.2) is 8.42 Å². The molecule has 1 amide bonds. The molecule has 0 saturated carbocycles. The number of furan rings is 1. The van der Waals surface area contributed by atoms with Gasteiger partial charge in [-0.1, -0.05) is 6.07 Å². The van der Waals surface area contributed by atoms with E-state index in [4.69, 9.17) is 4.42 Å². The van der Waals surface area contributed by atoms with Crippen LogP contribution in [0.1, 0.15) is 33.0 Å². The van der Waals surface area contributed by atoms with Gasteiger partial charge in [0.05, 0.1) is 15.4 Å². The topological polar surface area (TPSA) is 114 Å². The van der Waals surface area contributed by atoms with Crippen molar-refractivity contribution in [1.82, 2.24) is 9.21 Å². The van der Waals surface area contributed by atoms with E-state index in [1.54, 1.807) is 25.7 Å². The Bertz CT molecular complexity index is 1080. The first-order valence-corrected chi connectivity index (χ1v) is 10.6. The molecule has 1 saturated heterocycles. The predicted molar refractivity (Wildman–Crippen MR) is 105 cm³/mol. The number of piperazine rings is 1. The van der Waals surface area contributed by atoms with Crippen LogP contribution in [0, 0.1) is 37.8 Å². The molecule has 0 N–H and O–H groups in total. The largest absolute Gasteiger partial charge is 0.466 e. The number of nitrogens with zero attached hydrogens (tertiary/aromatic N) is 3. The number of carbonyl (C=O) groups excluding carboxylic acids is 1. The summed E-state index contributed by atoms with van der Waals surface area (Å²) in [6.45, 7) is 7.65. The van der Waals surface area contributed by atoms with E-state index in [2.05, 4.69) is 0 Å². The van der Waals surface area contributed by atoms with Crippen LogP contribution in [0.15, 0.2) is 27.5 Å². The average Bonchev–Trinajstić information content (AvgIpc) is 2.93. The molecular formula is C19H23N3O6S. The summed E-state index contributed by atoms with van der Waals surface area (Å²) in [6.07, 6.45) is 0. The lowest BCUT2D eigenvalue weighted by Crippen LogP contribution is -2.50. The van der Waals surface area contributed by atoms with Crippen molar-refractivity contribution in [3.8, 4) is 0 Å². The number of aryl methyl sites for hydroxylation is 3. The molecule has 29 heavy (non-hydrogen) atoms. The normalized spacial score (nSPS) is 15.5. The van der Waals surface area contributed by atoms with Crippen molar-refractivity contribution in [1.29, 1.82) is 0 Å². The summed E-state index contributed by atoms with van der Waals surface area (Å²) in [6, 6.07) is 3.79. The second kappa shape index (κ2) is 7.60. The lowest BCUT2D eigenvalue weighted by molar-refractivity contribution is -0.385. The number of amides is 1. The van der Waals surface area contributed by atoms with Crippen LogP contribution < -0.4 is 0 Å². The third kappa shape index (κ3) is 3.77. The number of carbonyl (C=O) groups is 1. The van der Waals surface area contributed by atoms with E-state index in [1.807, 2.05) is 6.92 Å². The van der Waals surface area contributed by atoms with E-state index < -0.39 is 14.9 Å². The molecule has 0 unspecified atom stereocenters. The Morgan fingerprint density at radius 2 is 1.69 bits per heavy atom. The van der Waals surface area contributed by atoms with Crippen LogP contribution in [0.4, 0.5) is 5.69 Å². The molecule has 1 aromatic carbocycles. The molecule has 0 spiro atoms. The maximum absolute atomic E-state index is 13.0. The van der Waals surface area contributed by atoms with E-state index in [9.17, 15) is 23.3 Å². The van der Waals surface area contributed by atoms with Gasteiger partial charge in [-0.05, 0) is 33.3 Å². The minimum absolute atomic E-state index is 0.0800. The monoisotopic (exact) mass is 421 g/mol. The lowest BCUT2D eigenvalue weighted by Gasteiger charge is -2.34. The quantitative estimate of drug-likeness (QED) is 0.554. The van der Waals surface area contributed by atoms with Gasteiger partial charge in [-0.3, -0.25) is 14.9 Å². The summed E-state index contributed by atoms with van der Waals surface area (Å²) < 4.78 is 32.8. The number of hydrogen-bond donors (Lipinski definition) is 0. The third-order valence-corrected chi connectivity index (χ3v) is 7.34. The zero-order chi connectivity index (χ0) is 21.5. The van der Waals surface area contributed by atoms with E-state index in [1.165, 1.54) is 16.4 Å². The molecule has 1 fully saturated rings. The zero-order valence-corrected chi connectivity index (χ0v) is 17.6. The molecule has 1 aliphatic heterocycles. The number of benzene rings is 1. The fourth-order valence-corrected chi connectivity index (χ4v) is 5.18. The lowest BCUT2D eigenvalue weighted by atomic mass is 10.1. The summed E-state index contributed by atoms with van der Waals surface area (Å²) in [7, 11) is -3.90. The van der Waals surface area contributed by atoms with Crippen molar-refractivity contribution < 1.29 is 22.6 Å². The van der Waals surface area contributed by atoms with E-state index in [0.717, 1.165) is 11.6 Å². The van der Waals surface area contributed by atoms with Crippen molar-refractivity contribution >= 4 is 21.6 Å². The van der Waals surface area contributed by atoms with Crippen LogP contribution in [0.2, 0.25) is 0 Å². The maximum Gasteiger partial charge on any atom is 0.270 e. The molecule has 10 heteroatoms. The van der Waals surface area contributed by atoms with Crippen molar-refractivity contribution in [3.05, 3.63) is 56.5 Å². The predicted octanol–water partition coefficient (Wildman–Crippen LogP) is 2.57. The van der Waals surface area contributed by atoms with Gasteiger partial charge >= 0.3 is 0 Å². The molecule has 9 nitrogen and oxygen atoms in total. The number of rotatable bonds is 4. The Morgan fingerprint density at radius 3 is 2.21 bits per heavy atom. The molecule has 2 aromatic rings. The Hall–Kier alpha value is -2.72. The highest BCUT2D eigenvalue weighted by Crippen LogP contribution is 2.27. The highest BCUT2D eigenvalue weighted by atomic mass is 32.2. The van der Waals surface area contributed by atoms with Gasteiger partial charge in [0.2, 0.25) is 10.0 Å². The van der Waals surface area contributed by atoms with Gasteiger partial charge in [0.1, 0.15) is 11.5 Å². The van der Waals surface area contributed by atoms with Crippen molar-refractivity contribution in [2.75, 3.05) is 26.2 Å². The molecule has 0 bridgehead atoms. The Morgan fingerprint density at radius 1 is 1.07 bits per heavy atom. The SMILES string of the molecule is Cc1ccc([N+](=O)[O-])cc1S(=O)(=O)N1CCN(C(=O)c2c(C)oc(C)c2C)CC1. The summed E-state index contributed by atoms with van der Waals surface area (Å²) in [5, 5.41) is 11.0. The molecule has 0 atom stereocenters. The van der Waals surface area contributed by atoms with Crippen LogP contribution in [0.25, 0.3) is 0 Å². The average molecular weight is 421 g/mol. The van der Waals surface area contributed by atoms with Crippen LogP contribution in [-0.2, 0) is 10.0 Å². The molecule has 2 heterocycles. The van der Waals surface area contributed by atoms with Gasteiger partial charge in [-0.15, -0.1) is 0 Å². The van der Waals surface area contributed by atoms with Crippen LogP contribution in [-0.4, -0.2) is 54.6 Å². The number of sulfonamides is 1. The van der Waals surface area contributed by atoms with E-state index in [-0.39, 0.29) is 42.7 Å². The first-order chi connectivity index (χ1) is 13.5. The van der Waals surface area contributed by atoms with Crippen molar-refractivity contribution in [3.63, 3.8) is 0 Å². The fourth-order valence-electron chi connectivity index (χ4n) is 3.52. The number of nitro groups is 1. The zero-order valence-electron chi connectivity index (χ0n) is 16.8. The fraction of sp³-hybridized carbons (Fsp3) is 0.421. The summed E-state index contributed by atoms with van der Waals surface area (Å²) in [5.74, 6) is 1.06. The van der Waals surface area contributed by atoms with Crippen molar-refractivity contribution in [2.45, 2.75) is 32.6 Å². The first-order valence-electron chi connectivity index (χ1n) is 9.15. The number of nitro benzene ring substituents is 1. The second-order valence-electron chi connectivity index (χ2n) is 7.12. The molecular weight excluding hydrogens is 398 g/mol. The summed E-state index contributed by atoms with van der Waals surface area (Å²) in [4.78, 5) is 24.8. The molecule has 0 aliphatic carbocycles. The van der Waals surface area contributed by atoms with Gasteiger partial charge in [0, 0.05) is 43.9 Å². The Kier molecular flexibility index (Phi) is 5.50. The minimum atomic E-state index is -3.90.